The van der Waals surface area contributed by atoms with Crippen molar-refractivity contribution in [1.82, 2.24) is 4.90 Å². The summed E-state index contributed by atoms with van der Waals surface area (Å²) in [5.74, 6) is -0.838. The molecule has 0 bridgehead atoms. The van der Waals surface area contributed by atoms with E-state index in [1.807, 2.05) is 0 Å². The number of halogens is 1. The third-order valence-corrected chi connectivity index (χ3v) is 4.87. The van der Waals surface area contributed by atoms with Crippen molar-refractivity contribution in [3.63, 3.8) is 0 Å². The lowest BCUT2D eigenvalue weighted by Gasteiger charge is -2.10. The van der Waals surface area contributed by atoms with Crippen molar-refractivity contribution < 1.29 is 28.2 Å². The van der Waals surface area contributed by atoms with E-state index in [0.29, 0.717) is 17.9 Å². The van der Waals surface area contributed by atoms with Gasteiger partial charge in [-0.3, -0.25) is 19.3 Å². The summed E-state index contributed by atoms with van der Waals surface area (Å²) in [5, 5.41) is -0.506. The molecule has 6 nitrogen and oxygen atoms in total. The van der Waals surface area contributed by atoms with Gasteiger partial charge in [0.1, 0.15) is 24.7 Å². The number of hydrogen-bond donors (Lipinski definition) is 0. The second-order valence-corrected chi connectivity index (χ2v) is 7.05. The average Bonchev–Trinajstić information content (AvgIpc) is 2.96. The van der Waals surface area contributed by atoms with Gasteiger partial charge in [-0.05, 0) is 60.2 Å². The Balaban J connectivity index is 1.61. The van der Waals surface area contributed by atoms with Gasteiger partial charge in [0.15, 0.2) is 0 Å². The maximum Gasteiger partial charge on any atom is 0.326 e. The van der Waals surface area contributed by atoms with Gasteiger partial charge in [0, 0.05) is 0 Å². The number of carbonyl (C=O) groups excluding carboxylic acids is 3. The highest BCUT2D eigenvalue weighted by Gasteiger charge is 2.36. The molecule has 150 valence electrons. The summed E-state index contributed by atoms with van der Waals surface area (Å²) >= 11 is 0.778. The van der Waals surface area contributed by atoms with E-state index in [-0.39, 0.29) is 17.3 Å². The van der Waals surface area contributed by atoms with Gasteiger partial charge in [0.25, 0.3) is 11.1 Å². The van der Waals surface area contributed by atoms with Gasteiger partial charge in [-0.25, -0.2) is 4.39 Å². The van der Waals surface area contributed by atoms with Crippen LogP contribution >= 0.6 is 11.8 Å². The minimum absolute atomic E-state index is 0.181. The Morgan fingerprint density at radius 2 is 1.79 bits per heavy atom. The Morgan fingerprint density at radius 1 is 1.10 bits per heavy atom. The fraction of sp³-hybridized carbons (Fsp3) is 0.190. The summed E-state index contributed by atoms with van der Waals surface area (Å²) in [6.45, 7) is 1.73. The van der Waals surface area contributed by atoms with Crippen LogP contribution in [0.1, 0.15) is 18.1 Å². The van der Waals surface area contributed by atoms with Crippen molar-refractivity contribution in [3.8, 4) is 5.75 Å². The maximum absolute atomic E-state index is 12.9. The molecule has 2 aromatic carbocycles. The van der Waals surface area contributed by atoms with E-state index in [1.165, 1.54) is 12.1 Å². The van der Waals surface area contributed by atoms with Crippen LogP contribution in [0.3, 0.4) is 0 Å². The fourth-order valence-electron chi connectivity index (χ4n) is 2.53. The fourth-order valence-corrected chi connectivity index (χ4v) is 3.37. The second-order valence-electron chi connectivity index (χ2n) is 6.06. The van der Waals surface area contributed by atoms with Gasteiger partial charge in [-0.2, -0.15) is 0 Å². The highest BCUT2D eigenvalue weighted by atomic mass is 32.2. The van der Waals surface area contributed by atoms with Crippen molar-refractivity contribution in [2.24, 2.45) is 0 Å². The van der Waals surface area contributed by atoms with Gasteiger partial charge in [-0.1, -0.05) is 24.3 Å². The van der Waals surface area contributed by atoms with Crippen LogP contribution in [0.4, 0.5) is 9.18 Å². The molecule has 2 amide bonds. The van der Waals surface area contributed by atoms with E-state index in [4.69, 9.17) is 9.47 Å². The number of imide groups is 1. The zero-order chi connectivity index (χ0) is 20.8. The maximum atomic E-state index is 12.9. The molecule has 1 heterocycles. The Labute approximate surface area is 171 Å². The Morgan fingerprint density at radius 3 is 2.45 bits per heavy atom. The number of carbonyl (C=O) groups is 3. The summed E-state index contributed by atoms with van der Waals surface area (Å²) in [4.78, 5) is 37.0. The topological polar surface area (TPSA) is 72.9 Å². The van der Waals surface area contributed by atoms with Crippen molar-refractivity contribution >= 4 is 35.0 Å². The van der Waals surface area contributed by atoms with E-state index < -0.39 is 23.7 Å². The lowest BCUT2D eigenvalue weighted by atomic mass is 10.2. The smallest absolute Gasteiger partial charge is 0.326 e. The molecule has 2 aromatic rings. The molecule has 1 aliphatic heterocycles. The lowest BCUT2D eigenvalue weighted by molar-refractivity contribution is -0.145. The first-order valence-electron chi connectivity index (χ1n) is 8.84. The molecule has 0 saturated carbocycles. The first-order valence-corrected chi connectivity index (χ1v) is 9.66. The quantitative estimate of drug-likeness (QED) is 0.503. The van der Waals surface area contributed by atoms with Crippen LogP contribution in [0.2, 0.25) is 0 Å². The molecule has 0 aromatic heterocycles. The van der Waals surface area contributed by atoms with E-state index in [0.717, 1.165) is 22.2 Å². The molecule has 0 N–H and O–H groups in total. The number of rotatable bonds is 7. The van der Waals surface area contributed by atoms with E-state index in [2.05, 4.69) is 0 Å². The minimum atomic E-state index is -0.626. The second kappa shape index (κ2) is 9.38. The number of ether oxygens (including phenoxy) is 2. The van der Waals surface area contributed by atoms with Crippen LogP contribution in [-0.2, 0) is 20.9 Å². The number of amides is 2. The number of esters is 1. The Hall–Kier alpha value is -3.13. The molecule has 0 atom stereocenters. The number of benzene rings is 2. The first kappa shape index (κ1) is 20.6. The molecule has 0 radical (unpaired) electrons. The minimum Gasteiger partial charge on any atom is -0.489 e. The number of nitrogens with zero attached hydrogens (tertiary/aromatic N) is 1. The first-order chi connectivity index (χ1) is 14.0. The van der Waals surface area contributed by atoms with Crippen LogP contribution in [0, 0.1) is 5.82 Å². The van der Waals surface area contributed by atoms with Gasteiger partial charge >= 0.3 is 5.97 Å². The molecule has 29 heavy (non-hydrogen) atoms. The summed E-state index contributed by atoms with van der Waals surface area (Å²) in [6.07, 6.45) is 1.58. The SMILES string of the molecule is CCOC(=O)CN1C(=O)SC(=Cc2ccc(OCc3ccc(F)cc3)cc2)C1=O. The van der Waals surface area contributed by atoms with E-state index >= 15 is 0 Å². The molecule has 1 saturated heterocycles. The zero-order valence-electron chi connectivity index (χ0n) is 15.6. The molecular weight excluding hydrogens is 397 g/mol. The highest BCUT2D eigenvalue weighted by Crippen LogP contribution is 2.32. The molecule has 3 rings (SSSR count). The summed E-state index contributed by atoms with van der Waals surface area (Å²) in [7, 11) is 0. The lowest BCUT2D eigenvalue weighted by Crippen LogP contribution is -2.34. The predicted octanol–water partition coefficient (Wildman–Crippen LogP) is 4.00. The van der Waals surface area contributed by atoms with Crippen molar-refractivity contribution in [1.29, 1.82) is 0 Å². The van der Waals surface area contributed by atoms with Gasteiger partial charge in [0.2, 0.25) is 0 Å². The third-order valence-electron chi connectivity index (χ3n) is 3.96. The Kier molecular flexibility index (Phi) is 6.66. The molecule has 0 unspecified atom stereocenters. The third kappa shape index (κ3) is 5.45. The summed E-state index contributed by atoms with van der Waals surface area (Å²) in [5.41, 5.74) is 1.55. The van der Waals surface area contributed by atoms with E-state index in [1.54, 1.807) is 49.4 Å². The van der Waals surface area contributed by atoms with Crippen molar-refractivity contribution in [3.05, 3.63) is 70.4 Å². The van der Waals surface area contributed by atoms with Crippen LogP contribution in [0.5, 0.6) is 5.75 Å². The summed E-state index contributed by atoms with van der Waals surface area (Å²) < 4.78 is 23.3. The van der Waals surface area contributed by atoms with Crippen molar-refractivity contribution in [2.75, 3.05) is 13.2 Å². The van der Waals surface area contributed by atoms with Crippen LogP contribution in [-0.4, -0.2) is 35.2 Å². The number of hydrogen-bond acceptors (Lipinski definition) is 6. The van der Waals surface area contributed by atoms with Gasteiger partial charge < -0.3 is 9.47 Å². The largest absolute Gasteiger partial charge is 0.489 e. The zero-order valence-corrected chi connectivity index (χ0v) is 16.4. The molecule has 0 aliphatic carbocycles. The van der Waals surface area contributed by atoms with Gasteiger partial charge in [-0.15, -0.1) is 0 Å². The van der Waals surface area contributed by atoms with Crippen LogP contribution < -0.4 is 4.74 Å². The molecule has 1 fully saturated rings. The average molecular weight is 415 g/mol. The van der Waals surface area contributed by atoms with Crippen LogP contribution in [0.25, 0.3) is 6.08 Å². The monoisotopic (exact) mass is 415 g/mol. The highest BCUT2D eigenvalue weighted by molar-refractivity contribution is 8.18. The normalized spacial score (nSPS) is 15.1. The summed E-state index contributed by atoms with van der Waals surface area (Å²) in [6, 6.07) is 13.0. The van der Waals surface area contributed by atoms with Crippen LogP contribution in [0.15, 0.2) is 53.4 Å². The molecule has 8 heteroatoms. The Bertz CT molecular complexity index is 941. The molecule has 1 aliphatic rings. The standard InChI is InChI=1S/C21H18FNO5S/c1-2-27-19(24)12-23-20(25)18(29-21(23)26)11-14-5-9-17(10-6-14)28-13-15-3-7-16(22)8-4-15/h3-11H,2,12-13H2,1H3. The number of thioether (sulfide) groups is 1. The molecule has 0 spiro atoms. The van der Waals surface area contributed by atoms with Crippen molar-refractivity contribution in [2.45, 2.75) is 13.5 Å². The predicted molar refractivity (Wildman–Crippen MR) is 106 cm³/mol. The van der Waals surface area contributed by atoms with Gasteiger partial charge in [0.05, 0.1) is 11.5 Å². The van der Waals surface area contributed by atoms with E-state index in [9.17, 15) is 18.8 Å². The molecular formula is C21H18FNO5S.